The van der Waals surface area contributed by atoms with Crippen LogP contribution in [0.3, 0.4) is 0 Å². The molecule has 128 valence electrons. The van der Waals surface area contributed by atoms with Gasteiger partial charge in [-0.05, 0) is 11.5 Å². The summed E-state index contributed by atoms with van der Waals surface area (Å²) in [5.74, 6) is -1.50. The monoisotopic (exact) mass is 337 g/mol. The maximum absolute atomic E-state index is 13.1. The molecule has 0 unspecified atom stereocenters. The van der Waals surface area contributed by atoms with E-state index in [1.165, 1.54) is 0 Å². The van der Waals surface area contributed by atoms with Crippen LogP contribution in [0.15, 0.2) is 24.3 Å². The van der Waals surface area contributed by atoms with Crippen molar-refractivity contribution in [2.75, 3.05) is 18.1 Å². The Morgan fingerprint density at radius 3 is 2.00 bits per heavy atom. The summed E-state index contributed by atoms with van der Waals surface area (Å²) in [5.41, 5.74) is 13.7. The summed E-state index contributed by atoms with van der Waals surface area (Å²) in [4.78, 5) is 38.2. The summed E-state index contributed by atoms with van der Waals surface area (Å²) < 4.78 is 0. The van der Waals surface area contributed by atoms with Gasteiger partial charge in [-0.15, -0.1) is 0 Å². The normalized spacial score (nSPS) is 12.8. The van der Waals surface area contributed by atoms with Crippen molar-refractivity contribution in [3.63, 3.8) is 0 Å². The third-order valence-corrected chi connectivity index (χ3v) is 4.52. The maximum Gasteiger partial charge on any atom is 0.252 e. The number of nitrogen functional groups attached to an aromatic ring is 1. The first-order valence-electron chi connectivity index (χ1n) is 7.96. The Hall–Kier alpha value is -3.15. The molecule has 0 heterocycles. The SMILES string of the molecule is CNc1c(C(N)=O)c(N)c(C(C)C)c2c1C(=O)c1ccccc1C2=O. The van der Waals surface area contributed by atoms with E-state index in [4.69, 9.17) is 11.5 Å². The van der Waals surface area contributed by atoms with E-state index in [1.54, 1.807) is 31.3 Å². The highest BCUT2D eigenvalue weighted by Gasteiger charge is 2.37. The molecule has 1 aliphatic carbocycles. The molecule has 0 aliphatic heterocycles. The quantitative estimate of drug-likeness (QED) is 0.634. The highest BCUT2D eigenvalue weighted by Crippen LogP contribution is 2.42. The molecule has 0 atom stereocenters. The van der Waals surface area contributed by atoms with Gasteiger partial charge >= 0.3 is 0 Å². The number of carbonyl (C=O) groups excluding carboxylic acids is 3. The predicted molar refractivity (Wildman–Crippen MR) is 96.3 cm³/mol. The first kappa shape index (κ1) is 16.7. The van der Waals surface area contributed by atoms with Gasteiger partial charge in [-0.3, -0.25) is 14.4 Å². The number of rotatable bonds is 3. The van der Waals surface area contributed by atoms with E-state index in [9.17, 15) is 14.4 Å². The van der Waals surface area contributed by atoms with Crippen molar-refractivity contribution in [2.24, 2.45) is 5.73 Å². The van der Waals surface area contributed by atoms with Gasteiger partial charge in [0.1, 0.15) is 0 Å². The average Bonchev–Trinajstić information content (AvgIpc) is 2.57. The fraction of sp³-hybridized carbons (Fsp3) is 0.211. The highest BCUT2D eigenvalue weighted by molar-refractivity contribution is 6.32. The second-order valence-corrected chi connectivity index (χ2v) is 6.30. The van der Waals surface area contributed by atoms with Crippen molar-refractivity contribution in [1.82, 2.24) is 0 Å². The lowest BCUT2D eigenvalue weighted by molar-refractivity contribution is 0.0977. The zero-order valence-electron chi connectivity index (χ0n) is 14.3. The Morgan fingerprint density at radius 1 is 1.04 bits per heavy atom. The summed E-state index contributed by atoms with van der Waals surface area (Å²) in [7, 11) is 1.56. The predicted octanol–water partition coefficient (Wildman–Crippen LogP) is 2.31. The number of hydrogen-bond acceptors (Lipinski definition) is 5. The van der Waals surface area contributed by atoms with Crippen LogP contribution in [-0.4, -0.2) is 24.5 Å². The molecule has 3 rings (SSSR count). The van der Waals surface area contributed by atoms with Gasteiger partial charge in [0.25, 0.3) is 5.91 Å². The molecular weight excluding hydrogens is 318 g/mol. The van der Waals surface area contributed by atoms with E-state index in [1.807, 2.05) is 13.8 Å². The molecule has 0 bridgehead atoms. The third kappa shape index (κ3) is 2.21. The molecular formula is C19H19N3O3. The lowest BCUT2D eigenvalue weighted by Gasteiger charge is -2.27. The Balaban J connectivity index is 2.53. The first-order valence-corrected chi connectivity index (χ1v) is 7.96. The van der Waals surface area contributed by atoms with E-state index in [0.717, 1.165) is 0 Å². The van der Waals surface area contributed by atoms with Gasteiger partial charge in [0, 0.05) is 23.7 Å². The van der Waals surface area contributed by atoms with E-state index in [0.29, 0.717) is 16.7 Å². The van der Waals surface area contributed by atoms with Crippen LogP contribution >= 0.6 is 0 Å². The van der Waals surface area contributed by atoms with Gasteiger partial charge < -0.3 is 16.8 Å². The number of carbonyl (C=O) groups is 3. The number of amides is 1. The van der Waals surface area contributed by atoms with Crippen molar-refractivity contribution >= 4 is 28.8 Å². The largest absolute Gasteiger partial charge is 0.398 e. The molecule has 2 aromatic rings. The van der Waals surface area contributed by atoms with Gasteiger partial charge in [0.05, 0.1) is 22.5 Å². The van der Waals surface area contributed by atoms with Crippen LogP contribution in [0.25, 0.3) is 0 Å². The molecule has 6 heteroatoms. The number of benzene rings is 2. The summed E-state index contributed by atoms with van der Waals surface area (Å²) >= 11 is 0. The molecule has 2 aromatic carbocycles. The lowest BCUT2D eigenvalue weighted by Crippen LogP contribution is -2.28. The van der Waals surface area contributed by atoms with Crippen LogP contribution in [0.5, 0.6) is 0 Å². The number of primary amides is 1. The molecule has 0 fully saturated rings. The molecule has 25 heavy (non-hydrogen) atoms. The average molecular weight is 337 g/mol. The number of nitrogens with one attached hydrogen (secondary N) is 1. The molecule has 0 aromatic heterocycles. The third-order valence-electron chi connectivity index (χ3n) is 4.52. The highest BCUT2D eigenvalue weighted by atomic mass is 16.1. The fourth-order valence-electron chi connectivity index (χ4n) is 3.51. The molecule has 0 spiro atoms. The van der Waals surface area contributed by atoms with Crippen molar-refractivity contribution < 1.29 is 14.4 Å². The van der Waals surface area contributed by atoms with Gasteiger partial charge in [-0.1, -0.05) is 38.1 Å². The van der Waals surface area contributed by atoms with Crippen molar-refractivity contribution in [3.05, 3.63) is 57.6 Å². The van der Waals surface area contributed by atoms with Crippen LogP contribution in [0.1, 0.15) is 67.5 Å². The summed E-state index contributed by atoms with van der Waals surface area (Å²) in [6, 6.07) is 6.64. The first-order chi connectivity index (χ1) is 11.8. The zero-order chi connectivity index (χ0) is 18.5. The second-order valence-electron chi connectivity index (χ2n) is 6.30. The second kappa shape index (κ2) is 5.73. The topological polar surface area (TPSA) is 115 Å². The Labute approximate surface area is 145 Å². The molecule has 0 saturated carbocycles. The van der Waals surface area contributed by atoms with Crippen molar-refractivity contribution in [3.8, 4) is 0 Å². The number of fused-ring (bicyclic) bond motifs is 2. The minimum absolute atomic E-state index is 0.0467. The Kier molecular flexibility index (Phi) is 3.83. The number of anilines is 2. The summed E-state index contributed by atoms with van der Waals surface area (Å²) in [6.45, 7) is 3.71. The minimum Gasteiger partial charge on any atom is -0.398 e. The molecule has 0 saturated heterocycles. The van der Waals surface area contributed by atoms with Gasteiger partial charge in [0.2, 0.25) is 0 Å². The summed E-state index contributed by atoms with van der Waals surface area (Å²) in [6.07, 6.45) is 0. The Bertz CT molecular complexity index is 945. The van der Waals surface area contributed by atoms with Crippen LogP contribution in [0.2, 0.25) is 0 Å². The fourth-order valence-corrected chi connectivity index (χ4v) is 3.51. The van der Waals surface area contributed by atoms with Gasteiger partial charge in [-0.2, -0.15) is 0 Å². The van der Waals surface area contributed by atoms with Gasteiger partial charge in [0.15, 0.2) is 11.6 Å². The van der Waals surface area contributed by atoms with Gasteiger partial charge in [-0.25, -0.2) is 0 Å². The molecule has 6 nitrogen and oxygen atoms in total. The van der Waals surface area contributed by atoms with E-state index < -0.39 is 5.91 Å². The van der Waals surface area contributed by atoms with Crippen LogP contribution < -0.4 is 16.8 Å². The van der Waals surface area contributed by atoms with Crippen molar-refractivity contribution in [2.45, 2.75) is 19.8 Å². The summed E-state index contributed by atoms with van der Waals surface area (Å²) in [5, 5.41) is 2.84. The molecule has 5 N–H and O–H groups in total. The van der Waals surface area contributed by atoms with Crippen molar-refractivity contribution in [1.29, 1.82) is 0 Å². The number of hydrogen-bond donors (Lipinski definition) is 3. The number of nitrogens with two attached hydrogens (primary N) is 2. The van der Waals surface area contributed by atoms with E-state index in [2.05, 4.69) is 5.32 Å². The Morgan fingerprint density at radius 2 is 1.56 bits per heavy atom. The zero-order valence-corrected chi connectivity index (χ0v) is 14.3. The lowest BCUT2D eigenvalue weighted by atomic mass is 9.76. The minimum atomic E-state index is -0.745. The van der Waals surface area contributed by atoms with Crippen LogP contribution in [0.4, 0.5) is 11.4 Å². The standard InChI is InChI=1S/C19H19N3O3/c1-8(2)11-12-13(16(22-3)14(15(11)20)19(21)25)18(24)10-7-5-4-6-9(10)17(12)23/h4-8,22H,20H2,1-3H3,(H2,21,25). The number of ketones is 2. The maximum atomic E-state index is 13.1. The van der Waals surface area contributed by atoms with E-state index >= 15 is 0 Å². The van der Waals surface area contributed by atoms with E-state index in [-0.39, 0.29) is 45.5 Å². The molecule has 0 radical (unpaired) electrons. The smallest absolute Gasteiger partial charge is 0.252 e. The van der Waals surface area contributed by atoms with Crippen LogP contribution in [0, 0.1) is 0 Å². The van der Waals surface area contributed by atoms with Crippen LogP contribution in [-0.2, 0) is 0 Å². The molecule has 1 aliphatic rings. The molecule has 1 amide bonds.